The van der Waals surface area contributed by atoms with E-state index in [1.165, 1.54) is 21.2 Å². The van der Waals surface area contributed by atoms with E-state index in [1.807, 2.05) is 18.8 Å². The Morgan fingerprint density at radius 2 is 1.81 bits per heavy atom. The first kappa shape index (κ1) is 19.2. The van der Waals surface area contributed by atoms with Gasteiger partial charge in [0.15, 0.2) is 0 Å². The fourth-order valence-electron chi connectivity index (χ4n) is 3.48. The number of hydrogen-bond acceptors (Lipinski definition) is 4. The van der Waals surface area contributed by atoms with Gasteiger partial charge in [0.25, 0.3) is 0 Å². The van der Waals surface area contributed by atoms with Crippen LogP contribution in [0.3, 0.4) is 0 Å². The standard InChI is InChI=1S/C21H27N3S2/c1-5-23(6-2)14-15(3)24-17-9-7-8-10-19(17)26-20-12-11-16(13-18(20)24)21(25)22-4/h7-13,15H,5-6,14H2,1-4H3,(H,22,25). The monoisotopic (exact) mass is 385 g/mol. The number of benzene rings is 2. The van der Waals surface area contributed by atoms with Gasteiger partial charge in [0.1, 0.15) is 4.99 Å². The molecule has 1 aliphatic heterocycles. The molecule has 1 atom stereocenters. The number of rotatable bonds is 6. The average molecular weight is 386 g/mol. The zero-order valence-corrected chi connectivity index (χ0v) is 17.6. The third kappa shape index (κ3) is 3.75. The van der Waals surface area contributed by atoms with E-state index < -0.39 is 0 Å². The highest BCUT2D eigenvalue weighted by Crippen LogP contribution is 2.49. The highest BCUT2D eigenvalue weighted by atomic mass is 32.2. The van der Waals surface area contributed by atoms with E-state index in [9.17, 15) is 0 Å². The Morgan fingerprint density at radius 3 is 2.50 bits per heavy atom. The molecule has 0 amide bonds. The molecular formula is C21H27N3S2. The molecule has 1 N–H and O–H groups in total. The molecule has 0 saturated carbocycles. The molecule has 2 aromatic carbocycles. The van der Waals surface area contributed by atoms with Gasteiger partial charge < -0.3 is 15.1 Å². The summed E-state index contributed by atoms with van der Waals surface area (Å²) in [6, 6.07) is 15.6. The van der Waals surface area contributed by atoms with Crippen molar-refractivity contribution in [1.29, 1.82) is 0 Å². The number of hydrogen-bond donors (Lipinski definition) is 1. The fraction of sp³-hybridized carbons (Fsp3) is 0.381. The summed E-state index contributed by atoms with van der Waals surface area (Å²) in [5, 5.41) is 3.10. The van der Waals surface area contributed by atoms with Crippen LogP contribution < -0.4 is 10.2 Å². The summed E-state index contributed by atoms with van der Waals surface area (Å²) in [7, 11) is 1.88. The first-order valence-corrected chi connectivity index (χ1v) is 10.5. The Bertz CT molecular complexity index is 787. The highest BCUT2D eigenvalue weighted by molar-refractivity contribution is 7.99. The maximum Gasteiger partial charge on any atom is 0.106 e. The maximum absolute atomic E-state index is 5.47. The Kier molecular flexibility index (Phi) is 6.22. The lowest BCUT2D eigenvalue weighted by molar-refractivity contribution is 0.288. The summed E-state index contributed by atoms with van der Waals surface area (Å²) in [6.45, 7) is 9.95. The van der Waals surface area contributed by atoms with Gasteiger partial charge in [-0.2, -0.15) is 0 Å². The number of anilines is 2. The SMILES string of the molecule is CCN(CC)CC(C)N1c2ccccc2Sc2ccc(C(=S)NC)cc21. The molecule has 3 nitrogen and oxygen atoms in total. The largest absolute Gasteiger partial charge is 0.379 e. The van der Waals surface area contributed by atoms with Gasteiger partial charge in [-0.1, -0.05) is 56.0 Å². The van der Waals surface area contributed by atoms with E-state index in [-0.39, 0.29) is 0 Å². The van der Waals surface area contributed by atoms with Crippen molar-refractivity contribution in [1.82, 2.24) is 10.2 Å². The minimum atomic E-state index is 0.370. The summed E-state index contributed by atoms with van der Waals surface area (Å²) < 4.78 is 0. The molecule has 0 bridgehead atoms. The van der Waals surface area contributed by atoms with Crippen LogP contribution in [0.15, 0.2) is 52.3 Å². The molecule has 1 unspecified atom stereocenters. The minimum absolute atomic E-state index is 0.370. The van der Waals surface area contributed by atoms with Crippen molar-refractivity contribution in [2.45, 2.75) is 36.6 Å². The molecule has 0 radical (unpaired) electrons. The molecular weight excluding hydrogens is 358 g/mol. The van der Waals surface area contributed by atoms with Crippen LogP contribution in [0.25, 0.3) is 0 Å². The van der Waals surface area contributed by atoms with Gasteiger partial charge in [-0.3, -0.25) is 0 Å². The van der Waals surface area contributed by atoms with Crippen molar-refractivity contribution in [2.75, 3.05) is 31.6 Å². The fourth-order valence-corrected chi connectivity index (χ4v) is 4.66. The molecule has 26 heavy (non-hydrogen) atoms. The van der Waals surface area contributed by atoms with Crippen molar-refractivity contribution in [3.63, 3.8) is 0 Å². The second-order valence-corrected chi connectivity index (χ2v) is 8.03. The molecule has 0 saturated heterocycles. The van der Waals surface area contributed by atoms with Gasteiger partial charge in [0.2, 0.25) is 0 Å². The molecule has 5 heteroatoms. The van der Waals surface area contributed by atoms with E-state index in [0.717, 1.165) is 30.2 Å². The Labute approximate surface area is 166 Å². The molecule has 138 valence electrons. The van der Waals surface area contributed by atoms with Crippen LogP contribution in [0.5, 0.6) is 0 Å². The molecule has 1 aliphatic rings. The summed E-state index contributed by atoms with van der Waals surface area (Å²) >= 11 is 7.31. The van der Waals surface area contributed by atoms with E-state index in [4.69, 9.17) is 12.2 Å². The lowest BCUT2D eigenvalue weighted by Gasteiger charge is -2.39. The number of fused-ring (bicyclic) bond motifs is 2. The molecule has 0 aromatic heterocycles. The van der Waals surface area contributed by atoms with Crippen LogP contribution in [-0.4, -0.2) is 42.6 Å². The van der Waals surface area contributed by atoms with Crippen LogP contribution in [0.2, 0.25) is 0 Å². The molecule has 0 spiro atoms. The van der Waals surface area contributed by atoms with Crippen LogP contribution in [0.1, 0.15) is 26.3 Å². The molecule has 0 aliphatic carbocycles. The summed E-state index contributed by atoms with van der Waals surface area (Å²) in [6.07, 6.45) is 0. The van der Waals surface area contributed by atoms with Crippen LogP contribution >= 0.6 is 24.0 Å². The van der Waals surface area contributed by atoms with Crippen molar-refractivity contribution in [2.24, 2.45) is 0 Å². The number of likely N-dealkylation sites (N-methyl/N-ethyl adjacent to an activating group) is 1. The smallest absolute Gasteiger partial charge is 0.106 e. The van der Waals surface area contributed by atoms with Crippen molar-refractivity contribution in [3.8, 4) is 0 Å². The lowest BCUT2D eigenvalue weighted by Crippen LogP contribution is -2.41. The maximum atomic E-state index is 5.47. The predicted molar refractivity (Wildman–Crippen MR) is 117 cm³/mol. The summed E-state index contributed by atoms with van der Waals surface area (Å²) in [5.41, 5.74) is 3.61. The van der Waals surface area contributed by atoms with E-state index in [2.05, 4.69) is 78.4 Å². The summed E-state index contributed by atoms with van der Waals surface area (Å²) in [5.74, 6) is 0. The number of para-hydroxylation sites is 1. The van der Waals surface area contributed by atoms with Crippen LogP contribution in [0, 0.1) is 0 Å². The quantitative estimate of drug-likeness (QED) is 0.710. The Hall–Kier alpha value is -1.56. The summed E-state index contributed by atoms with van der Waals surface area (Å²) in [4.78, 5) is 8.36. The van der Waals surface area contributed by atoms with E-state index in [0.29, 0.717) is 6.04 Å². The van der Waals surface area contributed by atoms with Crippen molar-refractivity contribution in [3.05, 3.63) is 48.0 Å². The average Bonchev–Trinajstić information content (AvgIpc) is 2.68. The Balaban J connectivity index is 2.05. The molecule has 0 fully saturated rings. The minimum Gasteiger partial charge on any atom is -0.379 e. The Morgan fingerprint density at radius 1 is 1.12 bits per heavy atom. The predicted octanol–water partition coefficient (Wildman–Crippen LogP) is 4.91. The molecule has 1 heterocycles. The van der Waals surface area contributed by atoms with Gasteiger partial charge >= 0.3 is 0 Å². The third-order valence-electron chi connectivity index (χ3n) is 4.91. The van der Waals surface area contributed by atoms with E-state index >= 15 is 0 Å². The van der Waals surface area contributed by atoms with Gasteiger partial charge in [0, 0.05) is 35.0 Å². The molecule has 2 aromatic rings. The zero-order valence-electron chi connectivity index (χ0n) is 16.0. The van der Waals surface area contributed by atoms with Gasteiger partial charge in [-0.25, -0.2) is 0 Å². The third-order valence-corrected chi connectivity index (χ3v) is 6.48. The first-order valence-electron chi connectivity index (χ1n) is 9.23. The van der Waals surface area contributed by atoms with Crippen LogP contribution in [-0.2, 0) is 0 Å². The molecule has 3 rings (SSSR count). The van der Waals surface area contributed by atoms with Crippen molar-refractivity contribution >= 4 is 40.3 Å². The topological polar surface area (TPSA) is 18.5 Å². The highest BCUT2D eigenvalue weighted by Gasteiger charge is 2.28. The zero-order chi connectivity index (χ0) is 18.7. The second kappa shape index (κ2) is 8.42. The normalized spacial score (nSPS) is 14.0. The van der Waals surface area contributed by atoms with Crippen molar-refractivity contribution < 1.29 is 0 Å². The lowest BCUT2D eigenvalue weighted by atomic mass is 10.1. The second-order valence-electron chi connectivity index (χ2n) is 6.54. The number of nitrogens with one attached hydrogen (secondary N) is 1. The first-order chi connectivity index (χ1) is 12.6. The number of nitrogens with zero attached hydrogens (tertiary/aromatic N) is 2. The van der Waals surface area contributed by atoms with Gasteiger partial charge in [0.05, 0.1) is 11.4 Å². The number of thiocarbonyl (C=S) groups is 1. The van der Waals surface area contributed by atoms with Gasteiger partial charge in [-0.05, 0) is 44.3 Å². The van der Waals surface area contributed by atoms with Crippen LogP contribution in [0.4, 0.5) is 11.4 Å². The van der Waals surface area contributed by atoms with E-state index in [1.54, 1.807) is 0 Å². The van der Waals surface area contributed by atoms with Gasteiger partial charge in [-0.15, -0.1) is 0 Å².